The molecule has 0 atom stereocenters. The number of rotatable bonds is 4. The van der Waals surface area contributed by atoms with Gasteiger partial charge in [0.25, 0.3) is 0 Å². The van der Waals surface area contributed by atoms with E-state index in [1.807, 2.05) is 19.0 Å². The molecule has 0 N–H and O–H groups in total. The number of likely N-dealkylation sites (N-methyl/N-ethyl adjacent to an activating group) is 1. The van der Waals surface area contributed by atoms with Crippen molar-refractivity contribution in [1.29, 1.82) is 5.26 Å². The smallest absolute Gasteiger partial charge is 0.190 e. The predicted molar refractivity (Wildman–Crippen MR) is 55.1 cm³/mol. The lowest BCUT2D eigenvalue weighted by molar-refractivity contribution is 0.242. The third kappa shape index (κ3) is 3.17. The van der Waals surface area contributed by atoms with Crippen LogP contribution in [0.1, 0.15) is 5.56 Å². The number of hydrogen-bond donors (Lipinski definition) is 0. The Balaban J connectivity index is 2.77. The molecule has 1 aromatic carbocycles. The molecule has 0 fully saturated rings. The van der Waals surface area contributed by atoms with Gasteiger partial charge in [-0.05, 0) is 26.2 Å². The summed E-state index contributed by atoms with van der Waals surface area (Å²) in [5.74, 6) is -2.13. The molecule has 0 aliphatic rings. The molecule has 0 aliphatic carbocycles. The van der Waals surface area contributed by atoms with E-state index in [9.17, 15) is 8.78 Å². The molecule has 0 saturated heterocycles. The van der Waals surface area contributed by atoms with Gasteiger partial charge >= 0.3 is 0 Å². The molecule has 0 amide bonds. The molecule has 3 nitrogen and oxygen atoms in total. The van der Waals surface area contributed by atoms with Crippen molar-refractivity contribution in [3.63, 3.8) is 0 Å². The van der Waals surface area contributed by atoms with Crippen molar-refractivity contribution in [2.45, 2.75) is 0 Å². The number of hydrogen-bond acceptors (Lipinski definition) is 3. The summed E-state index contributed by atoms with van der Waals surface area (Å²) in [7, 11) is 3.66. The van der Waals surface area contributed by atoms with Crippen molar-refractivity contribution >= 4 is 0 Å². The third-order valence-corrected chi connectivity index (χ3v) is 1.91. The zero-order chi connectivity index (χ0) is 12.1. The van der Waals surface area contributed by atoms with Crippen molar-refractivity contribution in [3.8, 4) is 11.8 Å². The average Bonchev–Trinajstić information content (AvgIpc) is 2.21. The van der Waals surface area contributed by atoms with E-state index in [-0.39, 0.29) is 12.2 Å². The number of ether oxygens (including phenoxy) is 1. The van der Waals surface area contributed by atoms with Crippen molar-refractivity contribution in [3.05, 3.63) is 29.3 Å². The third-order valence-electron chi connectivity index (χ3n) is 1.91. The molecule has 0 unspecified atom stereocenters. The summed E-state index contributed by atoms with van der Waals surface area (Å²) < 4.78 is 31.6. The van der Waals surface area contributed by atoms with Gasteiger partial charge in [0.15, 0.2) is 17.4 Å². The minimum absolute atomic E-state index is 0.0602. The molecule has 1 rings (SSSR count). The molecule has 0 saturated carbocycles. The Bertz CT molecular complexity index is 390. The molecule has 0 bridgehead atoms. The van der Waals surface area contributed by atoms with Crippen molar-refractivity contribution in [2.75, 3.05) is 27.2 Å². The lowest BCUT2D eigenvalue weighted by atomic mass is 10.2. The molecule has 0 spiro atoms. The Morgan fingerprint density at radius 2 is 1.88 bits per heavy atom. The average molecular weight is 226 g/mol. The standard InChI is InChI=1S/C11H12F2N2O/c1-15(2)3-4-16-11-9(12)5-8(7-14)6-10(11)13/h5-6H,3-4H2,1-2H3. The Hall–Kier alpha value is -1.67. The van der Waals surface area contributed by atoms with Crippen LogP contribution in [0.2, 0.25) is 0 Å². The van der Waals surface area contributed by atoms with E-state index >= 15 is 0 Å². The SMILES string of the molecule is CN(C)CCOc1c(F)cc(C#N)cc1F. The first-order valence-corrected chi connectivity index (χ1v) is 4.71. The lowest BCUT2D eigenvalue weighted by Crippen LogP contribution is -2.20. The highest BCUT2D eigenvalue weighted by molar-refractivity contribution is 5.37. The van der Waals surface area contributed by atoms with Crippen LogP contribution in [0.25, 0.3) is 0 Å². The maximum atomic E-state index is 13.3. The van der Waals surface area contributed by atoms with Gasteiger partial charge in [0, 0.05) is 6.54 Å². The topological polar surface area (TPSA) is 36.3 Å². The van der Waals surface area contributed by atoms with Gasteiger partial charge in [-0.2, -0.15) is 5.26 Å². The van der Waals surface area contributed by atoms with E-state index in [4.69, 9.17) is 10.00 Å². The van der Waals surface area contributed by atoms with Gasteiger partial charge in [-0.1, -0.05) is 0 Å². The Morgan fingerprint density at radius 1 is 1.31 bits per heavy atom. The summed E-state index contributed by atoms with van der Waals surface area (Å²) in [4.78, 5) is 1.83. The molecule has 0 aliphatic heterocycles. The van der Waals surface area contributed by atoms with Crippen LogP contribution < -0.4 is 4.74 Å². The van der Waals surface area contributed by atoms with Gasteiger partial charge in [0.05, 0.1) is 11.6 Å². The van der Waals surface area contributed by atoms with E-state index < -0.39 is 17.4 Å². The maximum absolute atomic E-state index is 13.3. The second-order valence-electron chi connectivity index (χ2n) is 3.53. The molecule has 1 aromatic rings. The highest BCUT2D eigenvalue weighted by Gasteiger charge is 2.12. The Kier molecular flexibility index (Phi) is 4.20. The normalized spacial score (nSPS) is 10.2. The highest BCUT2D eigenvalue weighted by Crippen LogP contribution is 2.22. The van der Waals surface area contributed by atoms with E-state index in [2.05, 4.69) is 0 Å². The summed E-state index contributed by atoms with van der Waals surface area (Å²) >= 11 is 0. The summed E-state index contributed by atoms with van der Waals surface area (Å²) in [6, 6.07) is 3.57. The summed E-state index contributed by atoms with van der Waals surface area (Å²) in [6.45, 7) is 0.742. The predicted octanol–water partition coefficient (Wildman–Crippen LogP) is 1.78. The first-order chi connectivity index (χ1) is 7.54. The van der Waals surface area contributed by atoms with Gasteiger partial charge in [-0.15, -0.1) is 0 Å². The molecule has 0 aromatic heterocycles. The fourth-order valence-electron chi connectivity index (χ4n) is 1.09. The Morgan fingerprint density at radius 3 is 2.31 bits per heavy atom. The van der Waals surface area contributed by atoms with E-state index in [1.165, 1.54) is 0 Å². The summed E-state index contributed by atoms with van der Waals surface area (Å²) in [6.07, 6.45) is 0. The molecule has 0 radical (unpaired) electrons. The van der Waals surface area contributed by atoms with E-state index in [0.29, 0.717) is 6.54 Å². The molecule has 0 heterocycles. The van der Waals surface area contributed by atoms with Crippen molar-refractivity contribution < 1.29 is 13.5 Å². The Labute approximate surface area is 92.9 Å². The van der Waals surface area contributed by atoms with Crippen molar-refractivity contribution in [2.24, 2.45) is 0 Å². The second kappa shape index (κ2) is 5.42. The first kappa shape index (κ1) is 12.4. The fourth-order valence-corrected chi connectivity index (χ4v) is 1.09. The summed E-state index contributed by atoms with van der Waals surface area (Å²) in [5.41, 5.74) is -0.0602. The van der Waals surface area contributed by atoms with Crippen LogP contribution in [0.4, 0.5) is 8.78 Å². The molecule has 16 heavy (non-hydrogen) atoms. The second-order valence-corrected chi connectivity index (χ2v) is 3.53. The van der Waals surface area contributed by atoms with Gasteiger partial charge in [0.2, 0.25) is 0 Å². The monoisotopic (exact) mass is 226 g/mol. The van der Waals surface area contributed by atoms with Crippen LogP contribution in [-0.2, 0) is 0 Å². The van der Waals surface area contributed by atoms with Crippen molar-refractivity contribution in [1.82, 2.24) is 4.90 Å². The number of nitriles is 1. The largest absolute Gasteiger partial charge is 0.486 e. The van der Waals surface area contributed by atoms with Crippen LogP contribution in [0, 0.1) is 23.0 Å². The van der Waals surface area contributed by atoms with Crippen LogP contribution in [-0.4, -0.2) is 32.1 Å². The molecule has 5 heteroatoms. The number of nitrogens with zero attached hydrogens (tertiary/aromatic N) is 2. The minimum atomic E-state index is -0.852. The molecular formula is C11H12F2N2O. The van der Waals surface area contributed by atoms with Gasteiger partial charge in [-0.25, -0.2) is 8.78 Å². The van der Waals surface area contributed by atoms with Gasteiger partial charge < -0.3 is 9.64 Å². The van der Waals surface area contributed by atoms with E-state index in [1.54, 1.807) is 6.07 Å². The highest BCUT2D eigenvalue weighted by atomic mass is 19.1. The van der Waals surface area contributed by atoms with Gasteiger partial charge in [0.1, 0.15) is 6.61 Å². The number of benzene rings is 1. The van der Waals surface area contributed by atoms with Crippen LogP contribution >= 0.6 is 0 Å². The summed E-state index contributed by atoms with van der Waals surface area (Å²) in [5, 5.41) is 8.50. The van der Waals surface area contributed by atoms with Crippen LogP contribution in [0.15, 0.2) is 12.1 Å². The molecule has 86 valence electrons. The van der Waals surface area contributed by atoms with Crippen LogP contribution in [0.3, 0.4) is 0 Å². The molecular weight excluding hydrogens is 214 g/mol. The van der Waals surface area contributed by atoms with Crippen LogP contribution in [0.5, 0.6) is 5.75 Å². The zero-order valence-corrected chi connectivity index (χ0v) is 9.13. The van der Waals surface area contributed by atoms with E-state index in [0.717, 1.165) is 12.1 Å². The maximum Gasteiger partial charge on any atom is 0.190 e. The lowest BCUT2D eigenvalue weighted by Gasteiger charge is -2.12. The van der Waals surface area contributed by atoms with Gasteiger partial charge in [-0.3, -0.25) is 0 Å². The first-order valence-electron chi connectivity index (χ1n) is 4.71. The minimum Gasteiger partial charge on any atom is -0.486 e. The number of halogens is 2. The fraction of sp³-hybridized carbons (Fsp3) is 0.364. The quantitative estimate of drug-likeness (QED) is 0.785. The zero-order valence-electron chi connectivity index (χ0n) is 9.13.